The van der Waals surface area contributed by atoms with E-state index in [1.165, 1.54) is 47.3 Å². The number of fused-ring (bicyclic) bond motifs is 1. The van der Waals surface area contributed by atoms with E-state index in [1.807, 2.05) is 0 Å². The predicted octanol–water partition coefficient (Wildman–Crippen LogP) is 3.24. The summed E-state index contributed by atoms with van der Waals surface area (Å²) in [5.41, 5.74) is 12.4. The molecule has 2 aromatic rings. The van der Waals surface area contributed by atoms with E-state index < -0.39 is 0 Å². The molecular weight excluding hydrogens is 244 g/mol. The quantitative estimate of drug-likeness (QED) is 0.924. The van der Waals surface area contributed by atoms with Crippen LogP contribution in [-0.4, -0.2) is 20.1 Å². The number of benzene rings is 2. The zero-order chi connectivity index (χ0) is 13.9. The Morgan fingerprint density at radius 2 is 1.80 bits per heavy atom. The maximum absolute atomic E-state index is 5.59. The normalized spacial score (nSPS) is 14.2. The Morgan fingerprint density at radius 1 is 1.05 bits per heavy atom. The van der Waals surface area contributed by atoms with E-state index in [0.717, 1.165) is 6.42 Å². The highest BCUT2D eigenvalue weighted by Crippen LogP contribution is 2.30. The smallest absolute Gasteiger partial charge is 0.0396 e. The Bertz CT molecular complexity index is 587. The highest BCUT2D eigenvalue weighted by Gasteiger charge is 2.13. The Morgan fingerprint density at radius 3 is 2.55 bits per heavy atom. The maximum Gasteiger partial charge on any atom is 0.0396 e. The molecule has 2 heteroatoms. The molecule has 1 aliphatic rings. The lowest BCUT2D eigenvalue weighted by Crippen LogP contribution is -2.24. The van der Waals surface area contributed by atoms with Crippen molar-refractivity contribution < 1.29 is 0 Å². The minimum Gasteiger partial charge on any atom is -0.374 e. The molecular formula is C18H22N2. The van der Waals surface area contributed by atoms with Crippen LogP contribution in [0.3, 0.4) is 0 Å². The number of hydrogen-bond acceptors (Lipinski definition) is 2. The van der Waals surface area contributed by atoms with Gasteiger partial charge in [0.25, 0.3) is 0 Å². The van der Waals surface area contributed by atoms with Crippen molar-refractivity contribution in [3.8, 4) is 11.1 Å². The van der Waals surface area contributed by atoms with E-state index in [-0.39, 0.29) is 0 Å². The van der Waals surface area contributed by atoms with E-state index >= 15 is 0 Å². The van der Waals surface area contributed by atoms with E-state index in [0.29, 0.717) is 6.54 Å². The van der Waals surface area contributed by atoms with Gasteiger partial charge in [0, 0.05) is 19.3 Å². The van der Waals surface area contributed by atoms with Crippen molar-refractivity contribution in [1.29, 1.82) is 0 Å². The summed E-state index contributed by atoms with van der Waals surface area (Å²) < 4.78 is 0. The second-order valence-corrected chi connectivity index (χ2v) is 5.60. The Hall–Kier alpha value is -1.80. The Labute approximate surface area is 121 Å². The summed E-state index contributed by atoms with van der Waals surface area (Å²) in [7, 11) is 2.18. The van der Waals surface area contributed by atoms with Gasteiger partial charge >= 0.3 is 0 Å². The highest BCUT2D eigenvalue weighted by molar-refractivity contribution is 5.69. The molecule has 0 fully saturated rings. The summed E-state index contributed by atoms with van der Waals surface area (Å²) in [6.07, 6.45) is 3.40. The van der Waals surface area contributed by atoms with Crippen molar-refractivity contribution in [2.45, 2.75) is 19.3 Å². The second kappa shape index (κ2) is 5.68. The number of hydrogen-bond donors (Lipinski definition) is 1. The molecule has 0 radical (unpaired) electrons. The molecule has 0 amide bonds. The summed E-state index contributed by atoms with van der Waals surface area (Å²) in [4.78, 5) is 2.35. The van der Waals surface area contributed by atoms with Gasteiger partial charge < -0.3 is 10.6 Å². The van der Waals surface area contributed by atoms with Crippen LogP contribution in [0.4, 0.5) is 5.69 Å². The molecule has 3 rings (SSSR count). The lowest BCUT2D eigenvalue weighted by Gasteiger charge is -2.27. The number of anilines is 1. The molecule has 2 nitrogen and oxygen atoms in total. The van der Waals surface area contributed by atoms with Crippen LogP contribution in [0.25, 0.3) is 11.1 Å². The molecule has 0 bridgehead atoms. The first kappa shape index (κ1) is 13.2. The monoisotopic (exact) mass is 266 g/mol. The van der Waals surface area contributed by atoms with Gasteiger partial charge in [-0.3, -0.25) is 0 Å². The van der Waals surface area contributed by atoms with Gasteiger partial charge in [0.2, 0.25) is 0 Å². The minimum atomic E-state index is 0.713. The van der Waals surface area contributed by atoms with Gasteiger partial charge in [-0.25, -0.2) is 0 Å². The fourth-order valence-corrected chi connectivity index (χ4v) is 3.00. The lowest BCUT2D eigenvalue weighted by molar-refractivity contribution is 0.745. The van der Waals surface area contributed by atoms with Gasteiger partial charge in [-0.2, -0.15) is 0 Å². The topological polar surface area (TPSA) is 29.3 Å². The number of aryl methyl sites for hydroxylation is 1. The van der Waals surface area contributed by atoms with Gasteiger partial charge in [-0.05, 0) is 60.2 Å². The summed E-state index contributed by atoms with van der Waals surface area (Å²) in [6, 6.07) is 15.6. The van der Waals surface area contributed by atoms with Crippen LogP contribution in [-0.2, 0) is 12.8 Å². The van der Waals surface area contributed by atoms with E-state index in [2.05, 4.69) is 54.4 Å². The van der Waals surface area contributed by atoms with Crippen molar-refractivity contribution >= 4 is 5.69 Å². The average Bonchev–Trinajstić information content (AvgIpc) is 2.48. The molecule has 2 aromatic carbocycles. The lowest BCUT2D eigenvalue weighted by atomic mass is 9.96. The van der Waals surface area contributed by atoms with Gasteiger partial charge in [0.05, 0.1) is 0 Å². The second-order valence-electron chi connectivity index (χ2n) is 5.60. The van der Waals surface area contributed by atoms with Crippen molar-refractivity contribution in [3.63, 3.8) is 0 Å². The van der Waals surface area contributed by atoms with Crippen LogP contribution in [0, 0.1) is 0 Å². The Kier molecular flexibility index (Phi) is 3.75. The standard InChI is InChI=1S/C18H22N2/c1-20-12-2-3-17-13-16(8-9-18(17)20)15-6-4-14(5-7-15)10-11-19/h4-9,13H,2-3,10-12,19H2,1H3. The number of nitrogens with two attached hydrogens (primary N) is 1. The van der Waals surface area contributed by atoms with Crippen molar-refractivity contribution in [2.75, 3.05) is 25.0 Å². The van der Waals surface area contributed by atoms with Crippen LogP contribution in [0.1, 0.15) is 17.5 Å². The largest absolute Gasteiger partial charge is 0.374 e. The molecule has 0 aliphatic carbocycles. The van der Waals surface area contributed by atoms with Crippen LogP contribution < -0.4 is 10.6 Å². The fraction of sp³-hybridized carbons (Fsp3) is 0.333. The van der Waals surface area contributed by atoms with Crippen LogP contribution in [0.5, 0.6) is 0 Å². The summed E-state index contributed by atoms with van der Waals surface area (Å²) in [5, 5.41) is 0. The number of nitrogens with zero attached hydrogens (tertiary/aromatic N) is 1. The molecule has 1 aliphatic heterocycles. The summed E-state index contributed by atoms with van der Waals surface area (Å²) in [5.74, 6) is 0. The van der Waals surface area contributed by atoms with Crippen molar-refractivity contribution in [3.05, 3.63) is 53.6 Å². The molecule has 0 saturated heterocycles. The number of rotatable bonds is 3. The van der Waals surface area contributed by atoms with Crippen LogP contribution in [0.15, 0.2) is 42.5 Å². The van der Waals surface area contributed by atoms with Gasteiger partial charge in [0.15, 0.2) is 0 Å². The third-order valence-electron chi connectivity index (χ3n) is 4.15. The Balaban J connectivity index is 1.90. The van der Waals surface area contributed by atoms with Gasteiger partial charge in [-0.1, -0.05) is 30.3 Å². The summed E-state index contributed by atoms with van der Waals surface area (Å²) in [6.45, 7) is 1.88. The predicted molar refractivity (Wildman–Crippen MR) is 86.2 cm³/mol. The molecule has 0 atom stereocenters. The fourth-order valence-electron chi connectivity index (χ4n) is 3.00. The zero-order valence-electron chi connectivity index (χ0n) is 12.1. The van der Waals surface area contributed by atoms with Crippen LogP contribution in [0.2, 0.25) is 0 Å². The van der Waals surface area contributed by atoms with E-state index in [4.69, 9.17) is 5.73 Å². The van der Waals surface area contributed by atoms with Crippen molar-refractivity contribution in [1.82, 2.24) is 0 Å². The molecule has 1 heterocycles. The minimum absolute atomic E-state index is 0.713. The third-order valence-corrected chi connectivity index (χ3v) is 4.15. The molecule has 0 spiro atoms. The van der Waals surface area contributed by atoms with Crippen molar-refractivity contribution in [2.24, 2.45) is 5.73 Å². The average molecular weight is 266 g/mol. The van der Waals surface area contributed by atoms with Gasteiger partial charge in [-0.15, -0.1) is 0 Å². The molecule has 0 unspecified atom stereocenters. The highest BCUT2D eigenvalue weighted by atomic mass is 15.1. The first-order valence-corrected chi connectivity index (χ1v) is 7.41. The van der Waals surface area contributed by atoms with Gasteiger partial charge in [0.1, 0.15) is 0 Å². The van der Waals surface area contributed by atoms with Crippen LogP contribution >= 0.6 is 0 Å². The molecule has 0 aromatic heterocycles. The molecule has 20 heavy (non-hydrogen) atoms. The van der Waals surface area contributed by atoms with E-state index in [9.17, 15) is 0 Å². The summed E-state index contributed by atoms with van der Waals surface area (Å²) >= 11 is 0. The first-order chi connectivity index (χ1) is 9.78. The molecule has 0 saturated carbocycles. The first-order valence-electron chi connectivity index (χ1n) is 7.41. The molecule has 2 N–H and O–H groups in total. The third kappa shape index (κ3) is 2.56. The van der Waals surface area contributed by atoms with E-state index in [1.54, 1.807) is 0 Å². The maximum atomic E-state index is 5.59. The zero-order valence-corrected chi connectivity index (χ0v) is 12.1. The molecule has 104 valence electrons. The SMILES string of the molecule is CN1CCCc2cc(-c3ccc(CCN)cc3)ccc21.